The van der Waals surface area contributed by atoms with Crippen LogP contribution in [0, 0.1) is 23.7 Å². The fourth-order valence-corrected chi connectivity index (χ4v) is 11.6. The number of hydrogen-bond donors (Lipinski definition) is 5. The molecule has 3 aromatic rings. The SMILES string of the molecule is CC[C@H]1OC(=O)[C@H](C)[C@@H](C2C[C@@](C)(OC)[C@@H](O)[C@H](C)O2)[C@H](C)[C@@H](O[C@@H]2O[C@H](C)C[C@H](N(C)CCc3cn(Cc4ccc(-n5ccnc5)cc4)nn3)[C@H]2O)[C@](C)(O)C[C@@H](C)CN(C)[C@H](C)[C@@H](O)[C@]1(C)O. The van der Waals surface area contributed by atoms with Crippen LogP contribution in [-0.4, -0.2) is 184 Å². The molecule has 1 aromatic carbocycles. The van der Waals surface area contributed by atoms with E-state index in [1.165, 1.54) is 14.0 Å². The molecule has 6 rings (SSSR count). The van der Waals surface area contributed by atoms with Gasteiger partial charge in [-0.05, 0) is 104 Å². The molecule has 0 spiro atoms. The van der Waals surface area contributed by atoms with Gasteiger partial charge in [-0.2, -0.15) is 0 Å². The quantitative estimate of drug-likeness (QED) is 0.164. The van der Waals surface area contributed by atoms with E-state index in [0.717, 1.165) is 16.9 Å². The normalized spacial score (nSPS) is 40.3. The molecule has 18 heteroatoms. The molecular formula is C51H83N7O11. The van der Waals surface area contributed by atoms with E-state index < -0.39 is 95.6 Å². The first-order valence-corrected chi connectivity index (χ1v) is 25.0. The van der Waals surface area contributed by atoms with Crippen LogP contribution in [0.4, 0.5) is 0 Å². The highest BCUT2D eigenvalue weighted by Crippen LogP contribution is 2.45. The van der Waals surface area contributed by atoms with Crippen LogP contribution in [-0.2, 0) is 41.4 Å². The lowest BCUT2D eigenvalue weighted by Gasteiger charge is -2.51. The summed E-state index contributed by atoms with van der Waals surface area (Å²) in [5.41, 5.74) is -1.52. The first-order chi connectivity index (χ1) is 32.4. The molecule has 18 atom stereocenters. The second kappa shape index (κ2) is 22.6. The van der Waals surface area contributed by atoms with Gasteiger partial charge in [0.05, 0.1) is 60.1 Å². The van der Waals surface area contributed by atoms with E-state index >= 15 is 0 Å². The molecule has 388 valence electrons. The highest BCUT2D eigenvalue weighted by molar-refractivity contribution is 5.73. The van der Waals surface area contributed by atoms with Crippen LogP contribution in [0.3, 0.4) is 0 Å². The van der Waals surface area contributed by atoms with Crippen LogP contribution in [0.25, 0.3) is 5.69 Å². The average Bonchev–Trinajstić information content (AvgIpc) is 4.01. The number of ether oxygens (including phenoxy) is 5. The van der Waals surface area contributed by atoms with Crippen molar-refractivity contribution in [3.8, 4) is 5.69 Å². The van der Waals surface area contributed by atoms with Gasteiger partial charge in [-0.3, -0.25) is 4.79 Å². The van der Waals surface area contributed by atoms with Gasteiger partial charge in [-0.1, -0.05) is 45.0 Å². The number of likely N-dealkylation sites (N-methyl/N-ethyl adjacent to an activating group) is 2. The number of imidazole rings is 1. The van der Waals surface area contributed by atoms with E-state index in [1.807, 2.05) is 87.4 Å². The topological polar surface area (TPSA) is 219 Å². The van der Waals surface area contributed by atoms with Crippen molar-refractivity contribution >= 4 is 5.97 Å². The molecule has 3 aliphatic rings. The second-order valence-corrected chi connectivity index (χ2v) is 21.6. The van der Waals surface area contributed by atoms with Crippen LogP contribution < -0.4 is 0 Å². The molecule has 1 unspecified atom stereocenters. The van der Waals surface area contributed by atoms with Crippen molar-refractivity contribution in [3.05, 3.63) is 60.4 Å². The Kier molecular flexibility index (Phi) is 18.0. The third-order valence-corrected chi connectivity index (χ3v) is 15.9. The fraction of sp³-hybridized carbons (Fsp3) is 0.765. The summed E-state index contributed by atoms with van der Waals surface area (Å²) in [6.45, 7) is 19.6. The molecule has 3 fully saturated rings. The predicted molar refractivity (Wildman–Crippen MR) is 258 cm³/mol. The van der Waals surface area contributed by atoms with Crippen molar-refractivity contribution in [2.24, 2.45) is 23.7 Å². The van der Waals surface area contributed by atoms with Crippen molar-refractivity contribution in [2.75, 3.05) is 34.3 Å². The van der Waals surface area contributed by atoms with Crippen molar-refractivity contribution in [3.63, 3.8) is 0 Å². The number of aromatic nitrogens is 5. The zero-order valence-corrected chi connectivity index (χ0v) is 43.3. The Balaban J connectivity index is 1.27. The van der Waals surface area contributed by atoms with E-state index in [4.69, 9.17) is 23.7 Å². The minimum atomic E-state index is -1.81. The molecule has 3 saturated heterocycles. The maximum Gasteiger partial charge on any atom is 0.309 e. The molecule has 69 heavy (non-hydrogen) atoms. The van der Waals surface area contributed by atoms with Gasteiger partial charge in [0.1, 0.15) is 30.0 Å². The first kappa shape index (κ1) is 54.9. The highest BCUT2D eigenvalue weighted by atomic mass is 16.7. The maximum absolute atomic E-state index is 14.6. The molecule has 5 heterocycles. The van der Waals surface area contributed by atoms with Crippen LogP contribution in [0.15, 0.2) is 49.2 Å². The number of esters is 1. The molecule has 0 bridgehead atoms. The summed E-state index contributed by atoms with van der Waals surface area (Å²) in [5.74, 6) is -3.10. The molecule has 0 aliphatic carbocycles. The smallest absolute Gasteiger partial charge is 0.309 e. The van der Waals surface area contributed by atoms with Crippen molar-refractivity contribution in [2.45, 2.75) is 192 Å². The van der Waals surface area contributed by atoms with E-state index in [0.29, 0.717) is 32.5 Å². The third-order valence-electron chi connectivity index (χ3n) is 15.9. The number of nitrogens with zero attached hydrogens (tertiary/aromatic N) is 7. The Morgan fingerprint density at radius 3 is 2.30 bits per heavy atom. The lowest BCUT2D eigenvalue weighted by Crippen LogP contribution is -2.62. The van der Waals surface area contributed by atoms with Gasteiger partial charge in [0.25, 0.3) is 0 Å². The summed E-state index contributed by atoms with van der Waals surface area (Å²) in [6.07, 6.45) is 0.703. The summed E-state index contributed by atoms with van der Waals surface area (Å²) in [7, 11) is 5.35. The number of rotatable bonds is 12. The summed E-state index contributed by atoms with van der Waals surface area (Å²) >= 11 is 0. The van der Waals surface area contributed by atoms with Crippen LogP contribution >= 0.6 is 0 Å². The summed E-state index contributed by atoms with van der Waals surface area (Å²) in [5, 5.41) is 68.9. The van der Waals surface area contributed by atoms with Gasteiger partial charge in [0.2, 0.25) is 0 Å². The van der Waals surface area contributed by atoms with Crippen molar-refractivity contribution in [1.82, 2.24) is 34.3 Å². The van der Waals surface area contributed by atoms with Crippen LogP contribution in [0.5, 0.6) is 0 Å². The minimum absolute atomic E-state index is 0.164. The Hall–Kier alpha value is -3.40. The summed E-state index contributed by atoms with van der Waals surface area (Å²) < 4.78 is 36.0. The number of benzene rings is 1. The maximum atomic E-state index is 14.6. The van der Waals surface area contributed by atoms with Gasteiger partial charge >= 0.3 is 5.97 Å². The van der Waals surface area contributed by atoms with Crippen molar-refractivity contribution in [1.29, 1.82) is 0 Å². The number of aliphatic hydroxyl groups excluding tert-OH is 3. The van der Waals surface area contributed by atoms with E-state index in [9.17, 15) is 30.3 Å². The molecule has 0 saturated carbocycles. The van der Waals surface area contributed by atoms with Gasteiger partial charge in [0, 0.05) is 75.3 Å². The molecular weight excluding hydrogens is 887 g/mol. The largest absolute Gasteiger partial charge is 0.459 e. The lowest BCUT2D eigenvalue weighted by atomic mass is 9.68. The highest BCUT2D eigenvalue weighted by Gasteiger charge is 2.55. The summed E-state index contributed by atoms with van der Waals surface area (Å²) in [4.78, 5) is 22.8. The Morgan fingerprint density at radius 2 is 1.67 bits per heavy atom. The number of hydrogen-bond acceptors (Lipinski definition) is 16. The molecule has 0 amide bonds. The zero-order chi connectivity index (χ0) is 50.7. The first-order valence-electron chi connectivity index (χ1n) is 25.0. The van der Waals surface area contributed by atoms with Crippen LogP contribution in [0.2, 0.25) is 0 Å². The molecule has 3 aliphatic heterocycles. The van der Waals surface area contributed by atoms with Gasteiger partial charge in [0.15, 0.2) is 6.29 Å². The predicted octanol–water partition coefficient (Wildman–Crippen LogP) is 3.61. The standard InChI is InChI=1S/C51H83N7O11/c1-14-41-51(10,64)44(60)34(6)56(12)26-30(2)24-49(8,63)46(32(4)42(33(5)47(62)68-41)40-25-50(9,65-13)45(61)35(7)67-40)69-48-43(59)39(23-31(3)66-48)55(11)21-19-37-28-58(54-53-37)27-36-15-17-38(18-16-36)57-22-20-52-29-57/h15-18,20,22,28-35,39-46,48,59-61,63-64H,14,19,21,23-27H2,1-13H3/t30-,31-,32+,33-,34-,35+,39+,40?,41-,42+,43-,44-,45+,46-,48+,49-,50-,51-/m1/s1. The number of methoxy groups -OCH3 is 1. The number of cyclic esters (lactones) is 1. The number of carbonyl (C=O) groups is 1. The van der Waals surface area contributed by atoms with E-state index in [2.05, 4.69) is 32.3 Å². The second-order valence-electron chi connectivity index (χ2n) is 21.6. The Labute approximate surface area is 409 Å². The molecule has 18 nitrogen and oxygen atoms in total. The monoisotopic (exact) mass is 970 g/mol. The zero-order valence-electron chi connectivity index (χ0n) is 43.3. The minimum Gasteiger partial charge on any atom is -0.459 e. The molecule has 5 N–H and O–H groups in total. The van der Waals surface area contributed by atoms with Gasteiger partial charge in [-0.15, -0.1) is 5.10 Å². The van der Waals surface area contributed by atoms with Gasteiger partial charge < -0.3 is 63.6 Å². The number of aliphatic hydroxyl groups is 5. The molecule has 0 radical (unpaired) electrons. The summed E-state index contributed by atoms with van der Waals surface area (Å²) in [6, 6.07) is 7.26. The van der Waals surface area contributed by atoms with E-state index in [-0.39, 0.29) is 37.3 Å². The average molecular weight is 970 g/mol. The third kappa shape index (κ3) is 12.4. The fourth-order valence-electron chi connectivity index (χ4n) is 11.6. The Bertz CT molecular complexity index is 2070. The lowest BCUT2D eigenvalue weighted by molar-refractivity contribution is -0.302. The molecule has 2 aromatic heterocycles. The van der Waals surface area contributed by atoms with Gasteiger partial charge in [-0.25, -0.2) is 9.67 Å². The van der Waals surface area contributed by atoms with Crippen LogP contribution in [0.1, 0.15) is 106 Å². The Morgan fingerprint density at radius 1 is 0.971 bits per heavy atom. The van der Waals surface area contributed by atoms with Crippen molar-refractivity contribution < 1.29 is 54.0 Å². The van der Waals surface area contributed by atoms with E-state index in [1.54, 1.807) is 40.2 Å². The number of carbonyl (C=O) groups excluding carboxylic acids is 1.